The Hall–Kier alpha value is -2.96. The molecule has 19 heavy (non-hydrogen) atoms. The van der Waals surface area contributed by atoms with Crippen LogP contribution in [0.15, 0.2) is 16.7 Å². The van der Waals surface area contributed by atoms with Gasteiger partial charge in [0.15, 0.2) is 11.5 Å². The van der Waals surface area contributed by atoms with E-state index >= 15 is 0 Å². The summed E-state index contributed by atoms with van der Waals surface area (Å²) in [6.07, 6.45) is 1.13. The van der Waals surface area contributed by atoms with E-state index in [-0.39, 0.29) is 16.9 Å². The van der Waals surface area contributed by atoms with Gasteiger partial charge in [0.1, 0.15) is 5.76 Å². The van der Waals surface area contributed by atoms with Crippen molar-refractivity contribution in [2.75, 3.05) is 0 Å². The highest BCUT2D eigenvalue weighted by Crippen LogP contribution is 2.53. The number of aromatic hydroxyl groups is 4. The number of hydrogen-bond donors (Lipinski definition) is 4. The van der Waals surface area contributed by atoms with E-state index in [4.69, 9.17) is 4.42 Å². The molecule has 7 heteroatoms. The Morgan fingerprint density at radius 2 is 1.37 bits per heavy atom. The van der Waals surface area contributed by atoms with Crippen molar-refractivity contribution in [3.8, 4) is 34.3 Å². The lowest BCUT2D eigenvalue weighted by Crippen LogP contribution is -2.20. The average molecular weight is 262 g/mol. The van der Waals surface area contributed by atoms with Crippen molar-refractivity contribution < 1.29 is 34.4 Å². The van der Waals surface area contributed by atoms with Gasteiger partial charge in [0.25, 0.3) is 0 Å². The topological polar surface area (TPSA) is 128 Å². The second-order valence-corrected chi connectivity index (χ2v) is 3.97. The van der Waals surface area contributed by atoms with Crippen LogP contribution in [0.25, 0.3) is 11.3 Å². The third kappa shape index (κ3) is 1.16. The first-order chi connectivity index (χ1) is 8.95. The van der Waals surface area contributed by atoms with E-state index in [9.17, 15) is 30.0 Å². The van der Waals surface area contributed by atoms with Crippen LogP contribution in [0.1, 0.15) is 20.7 Å². The second kappa shape index (κ2) is 3.29. The summed E-state index contributed by atoms with van der Waals surface area (Å²) in [6, 6.07) is 1.24. The summed E-state index contributed by atoms with van der Waals surface area (Å²) in [5.74, 6) is -6.09. The Morgan fingerprint density at radius 1 is 0.789 bits per heavy atom. The normalized spacial score (nSPS) is 13.3. The predicted octanol–water partition coefficient (Wildman–Crippen LogP) is 1.15. The maximum absolute atomic E-state index is 11.9. The number of Topliss-reactive ketones (excluding diaryl/α,β-unsaturated/α-hetero) is 2. The first-order valence-electron chi connectivity index (χ1n) is 5.11. The van der Waals surface area contributed by atoms with Crippen LogP contribution in [0.5, 0.6) is 23.0 Å². The third-order valence-corrected chi connectivity index (χ3v) is 2.97. The summed E-state index contributed by atoms with van der Waals surface area (Å²) < 4.78 is 4.99. The zero-order valence-electron chi connectivity index (χ0n) is 9.17. The monoisotopic (exact) mass is 262 g/mol. The Kier molecular flexibility index (Phi) is 1.93. The van der Waals surface area contributed by atoms with Crippen molar-refractivity contribution in [2.24, 2.45) is 0 Å². The number of ketones is 2. The number of carbonyl (C=O) groups is 2. The molecule has 3 rings (SSSR count). The van der Waals surface area contributed by atoms with E-state index < -0.39 is 40.1 Å². The van der Waals surface area contributed by atoms with E-state index in [0.29, 0.717) is 0 Å². The lowest BCUT2D eigenvalue weighted by Gasteiger charge is -2.17. The zero-order chi connectivity index (χ0) is 13.9. The summed E-state index contributed by atoms with van der Waals surface area (Å²) in [6.45, 7) is 0. The summed E-state index contributed by atoms with van der Waals surface area (Å²) >= 11 is 0. The van der Waals surface area contributed by atoms with Gasteiger partial charge in [-0.3, -0.25) is 9.59 Å². The van der Waals surface area contributed by atoms with E-state index in [1.165, 1.54) is 6.07 Å². The molecule has 0 aliphatic heterocycles. The highest BCUT2D eigenvalue weighted by molar-refractivity contribution is 6.53. The van der Waals surface area contributed by atoms with E-state index in [1.807, 2.05) is 0 Å². The molecular weight excluding hydrogens is 256 g/mol. The van der Waals surface area contributed by atoms with Gasteiger partial charge in [-0.05, 0) is 6.07 Å². The number of phenols is 4. The van der Waals surface area contributed by atoms with E-state index in [0.717, 1.165) is 6.26 Å². The summed E-state index contributed by atoms with van der Waals surface area (Å²) in [5, 5.41) is 38.3. The number of carbonyl (C=O) groups excluding carboxylic acids is 2. The zero-order valence-corrected chi connectivity index (χ0v) is 9.17. The first-order valence-corrected chi connectivity index (χ1v) is 5.11. The standard InChI is InChI=1S/C12H6O7/c13-6-3-1-2-19-12(3)5-4(7(6)14)8(15)10(17)11(18)9(5)16/h1-2,15-18H. The minimum absolute atomic E-state index is 0.0858. The fourth-order valence-electron chi connectivity index (χ4n) is 2.06. The molecule has 4 N–H and O–H groups in total. The maximum Gasteiger partial charge on any atom is 0.238 e. The molecule has 1 heterocycles. The van der Waals surface area contributed by atoms with Crippen LogP contribution in [0, 0.1) is 0 Å². The van der Waals surface area contributed by atoms with Crippen LogP contribution >= 0.6 is 0 Å². The quantitative estimate of drug-likeness (QED) is 0.318. The molecule has 2 aromatic rings. The van der Waals surface area contributed by atoms with Gasteiger partial charge in [0.2, 0.25) is 23.1 Å². The van der Waals surface area contributed by atoms with E-state index in [1.54, 1.807) is 0 Å². The van der Waals surface area contributed by atoms with Gasteiger partial charge in [-0.1, -0.05) is 0 Å². The van der Waals surface area contributed by atoms with Crippen LogP contribution < -0.4 is 0 Å². The number of rotatable bonds is 0. The van der Waals surface area contributed by atoms with Crippen molar-refractivity contribution in [3.63, 3.8) is 0 Å². The molecule has 96 valence electrons. The summed E-state index contributed by atoms with van der Waals surface area (Å²) in [7, 11) is 0. The van der Waals surface area contributed by atoms with Crippen molar-refractivity contribution in [1.82, 2.24) is 0 Å². The molecule has 0 radical (unpaired) electrons. The molecule has 0 amide bonds. The smallest absolute Gasteiger partial charge is 0.238 e. The van der Waals surface area contributed by atoms with Crippen LogP contribution in [-0.2, 0) is 0 Å². The lowest BCUT2D eigenvalue weighted by atomic mass is 9.87. The molecule has 0 bridgehead atoms. The summed E-state index contributed by atoms with van der Waals surface area (Å²) in [5.41, 5.74) is -1.00. The number of furan rings is 1. The summed E-state index contributed by atoms with van der Waals surface area (Å²) in [4.78, 5) is 23.6. The second-order valence-electron chi connectivity index (χ2n) is 3.97. The van der Waals surface area contributed by atoms with Gasteiger partial charge in [-0.15, -0.1) is 0 Å². The van der Waals surface area contributed by atoms with E-state index in [2.05, 4.69) is 0 Å². The average Bonchev–Trinajstić information content (AvgIpc) is 2.87. The fourth-order valence-corrected chi connectivity index (χ4v) is 2.06. The molecule has 7 nitrogen and oxygen atoms in total. The van der Waals surface area contributed by atoms with Crippen LogP contribution in [-0.4, -0.2) is 32.0 Å². The lowest BCUT2D eigenvalue weighted by molar-refractivity contribution is 0.0812. The largest absolute Gasteiger partial charge is 0.504 e. The minimum Gasteiger partial charge on any atom is -0.504 e. The predicted molar refractivity (Wildman–Crippen MR) is 59.5 cm³/mol. The van der Waals surface area contributed by atoms with Gasteiger partial charge in [0, 0.05) is 0 Å². The molecular formula is C12H6O7. The van der Waals surface area contributed by atoms with Gasteiger partial charge in [-0.2, -0.15) is 0 Å². The maximum atomic E-state index is 11.9. The Bertz CT molecular complexity index is 754. The van der Waals surface area contributed by atoms with Gasteiger partial charge in [0.05, 0.1) is 23.0 Å². The van der Waals surface area contributed by atoms with Crippen LogP contribution in [0.3, 0.4) is 0 Å². The van der Waals surface area contributed by atoms with Gasteiger partial charge < -0.3 is 24.8 Å². The fraction of sp³-hybridized carbons (Fsp3) is 0. The molecule has 0 spiro atoms. The molecule has 1 aliphatic carbocycles. The number of phenolic OH excluding ortho intramolecular Hbond substituents is 4. The van der Waals surface area contributed by atoms with Crippen LogP contribution in [0.2, 0.25) is 0 Å². The Morgan fingerprint density at radius 3 is 2.00 bits per heavy atom. The van der Waals surface area contributed by atoms with Crippen LogP contribution in [0.4, 0.5) is 0 Å². The molecule has 0 fully saturated rings. The van der Waals surface area contributed by atoms with Crippen molar-refractivity contribution in [1.29, 1.82) is 0 Å². The molecule has 0 unspecified atom stereocenters. The van der Waals surface area contributed by atoms with Crippen molar-refractivity contribution in [2.45, 2.75) is 0 Å². The highest BCUT2D eigenvalue weighted by atomic mass is 16.4. The molecule has 1 aromatic carbocycles. The first kappa shape index (κ1) is 11.1. The molecule has 0 saturated carbocycles. The number of benzene rings is 1. The van der Waals surface area contributed by atoms with Crippen molar-refractivity contribution in [3.05, 3.63) is 23.5 Å². The van der Waals surface area contributed by atoms with Gasteiger partial charge >= 0.3 is 0 Å². The molecule has 1 aromatic heterocycles. The van der Waals surface area contributed by atoms with Crippen molar-refractivity contribution >= 4 is 11.6 Å². The number of hydrogen-bond acceptors (Lipinski definition) is 7. The SMILES string of the molecule is O=C1C(=O)c2c(O)c(O)c(O)c(O)c2-c2occc21. The molecule has 1 aliphatic rings. The minimum atomic E-state index is -1.10. The Balaban J connectivity index is 2.53. The molecule has 0 saturated heterocycles. The molecule has 0 atom stereocenters. The highest BCUT2D eigenvalue weighted by Gasteiger charge is 2.39. The number of fused-ring (bicyclic) bond motifs is 3. The Labute approximate surface area is 105 Å². The van der Waals surface area contributed by atoms with Gasteiger partial charge in [-0.25, -0.2) is 0 Å². The third-order valence-electron chi connectivity index (χ3n) is 2.97.